The van der Waals surface area contributed by atoms with Crippen LogP contribution in [0.4, 0.5) is 56.9 Å². The first kappa shape index (κ1) is 72.9. The molecule has 0 atom stereocenters. The summed E-state index contributed by atoms with van der Waals surface area (Å²) < 4.78 is 139. The number of anilines is 2. The number of carbonyl (C=O) groups excluding carboxylic acids is 2. The average molecular weight is 1440 g/mol. The van der Waals surface area contributed by atoms with Gasteiger partial charge in [0.2, 0.25) is 0 Å². The second-order valence-corrected chi connectivity index (χ2v) is 23.7. The molecule has 0 bridgehead atoms. The first-order valence-corrected chi connectivity index (χ1v) is 30.6. The average Bonchev–Trinajstić information content (AvgIpc) is 1.83. The van der Waals surface area contributed by atoms with E-state index in [1.807, 2.05) is 0 Å². The summed E-state index contributed by atoms with van der Waals surface area (Å²) in [4.78, 5) is 22.6. The Balaban J connectivity index is 0.000000280. The van der Waals surface area contributed by atoms with Gasteiger partial charge in [0.1, 0.15) is 51.8 Å². The summed E-state index contributed by atoms with van der Waals surface area (Å²) in [6, 6.07) is 49.2. The van der Waals surface area contributed by atoms with Crippen molar-refractivity contribution < 1.29 is 131 Å². The van der Waals surface area contributed by atoms with Gasteiger partial charge in [-0.05, 0) is 181 Å². The quantitative estimate of drug-likeness (QED) is 0.0455. The number of phenols is 2. The summed E-state index contributed by atoms with van der Waals surface area (Å²) in [5.41, 5.74) is 2.08. The molecule has 0 saturated heterocycles. The molecule has 10 rings (SSSR count). The number of carbonyl (C=O) groups is 2. The van der Waals surface area contributed by atoms with Gasteiger partial charge in [-0.25, -0.2) is 33.7 Å². The molecule has 0 spiro atoms. The van der Waals surface area contributed by atoms with Crippen LogP contribution in [0.25, 0.3) is 21.5 Å². The fourth-order valence-corrected chi connectivity index (χ4v) is 10.2. The molecule has 0 aliphatic heterocycles. The number of hydrogen-bond acceptors (Lipinski definition) is 24. The van der Waals surface area contributed by atoms with Gasteiger partial charge in [0.15, 0.2) is 11.5 Å². The normalized spacial score (nSPS) is 11.8. The van der Waals surface area contributed by atoms with Gasteiger partial charge in [-0.2, -0.15) is 30.7 Å². The molecule has 2 amide bonds. The molecule has 0 heterocycles. The van der Waals surface area contributed by atoms with Crippen molar-refractivity contribution in [1.29, 1.82) is 0 Å². The van der Waals surface area contributed by atoms with Gasteiger partial charge in [0.05, 0.1) is 53.7 Å². The van der Waals surface area contributed by atoms with E-state index in [-0.39, 0.29) is 141 Å². The standard InChI is InChI=1S/2C29H21N5O8S2.Ba.2Na/c2*35-28-25-15-12-23(30-29(36)18-4-2-1-3-5-18)16-19(25)17-26(44(40,41)42)27(28)34-33-21-8-6-20(7-9-21)31-32-22-10-13-24(14-11-22)43(37,38)39;;;/h2*1-17,35H,(H,30,36)(H,37,38,39)(H,40,41,42);;;/q;;+2;2*+1/p-4. The Kier molecular flexibility index (Phi) is 25.2. The molecular formula is C58H38BaN10Na2O16S4. The monoisotopic (exact) mass is 1440 g/mol. The predicted octanol–water partition coefficient (Wildman–Crippen LogP) is 6.50. The summed E-state index contributed by atoms with van der Waals surface area (Å²) >= 11 is 0. The topological polar surface area (TPSA) is 426 Å². The van der Waals surface area contributed by atoms with Crippen molar-refractivity contribution in [3.05, 3.63) is 217 Å². The van der Waals surface area contributed by atoms with Crippen molar-refractivity contribution in [3.8, 4) is 11.5 Å². The van der Waals surface area contributed by atoms with Crippen molar-refractivity contribution in [2.75, 3.05) is 10.6 Å². The van der Waals surface area contributed by atoms with E-state index >= 15 is 0 Å². The third kappa shape index (κ3) is 19.5. The van der Waals surface area contributed by atoms with E-state index in [2.05, 4.69) is 51.5 Å². The molecule has 0 fully saturated rings. The Labute approximate surface area is 603 Å². The molecule has 0 unspecified atom stereocenters. The molecule has 10 aromatic rings. The molecule has 33 heteroatoms. The summed E-state index contributed by atoms with van der Waals surface area (Å²) in [6.07, 6.45) is 0. The smallest absolute Gasteiger partial charge is 0.744 e. The number of nitrogens with one attached hydrogen (secondary N) is 2. The second kappa shape index (κ2) is 31.5. The fraction of sp³-hybridized carbons (Fsp3) is 0. The molecule has 10 aromatic carbocycles. The molecule has 0 aliphatic rings. The van der Waals surface area contributed by atoms with Crippen LogP contribution in [0.5, 0.6) is 11.5 Å². The van der Waals surface area contributed by atoms with Gasteiger partial charge in [-0.1, -0.05) is 36.4 Å². The molecule has 0 saturated carbocycles. The van der Waals surface area contributed by atoms with E-state index < -0.39 is 94.7 Å². The van der Waals surface area contributed by atoms with Crippen LogP contribution in [-0.4, -0.2) is 123 Å². The van der Waals surface area contributed by atoms with Crippen LogP contribution in [0.1, 0.15) is 20.7 Å². The summed E-state index contributed by atoms with van der Waals surface area (Å²) in [6.45, 7) is 0. The number of nitrogens with zero attached hydrogens (tertiary/aromatic N) is 8. The molecule has 4 N–H and O–H groups in total. The van der Waals surface area contributed by atoms with Gasteiger partial charge in [-0.3, -0.25) is 9.59 Å². The van der Waals surface area contributed by atoms with Crippen molar-refractivity contribution in [2.45, 2.75) is 19.6 Å². The van der Waals surface area contributed by atoms with Crippen LogP contribution in [-0.2, 0) is 40.5 Å². The van der Waals surface area contributed by atoms with Gasteiger partial charge >= 0.3 is 108 Å². The number of aromatic hydroxyl groups is 2. The number of fused-ring (bicyclic) bond motifs is 2. The molecular weight excluding hydrogens is 1400 g/mol. The second-order valence-electron chi connectivity index (χ2n) is 18.3. The third-order valence-electron chi connectivity index (χ3n) is 12.3. The predicted molar refractivity (Wildman–Crippen MR) is 320 cm³/mol. The number of phenolic OH excluding ortho intramolecular Hbond substituents is 2. The zero-order valence-corrected chi connectivity index (χ0v) is 58.9. The molecule has 26 nitrogen and oxygen atoms in total. The van der Waals surface area contributed by atoms with Crippen LogP contribution < -0.4 is 69.7 Å². The Hall–Kier alpha value is -7.13. The van der Waals surface area contributed by atoms with Gasteiger partial charge in [-0.15, -0.1) is 10.2 Å². The summed E-state index contributed by atoms with van der Waals surface area (Å²) in [5.74, 6) is -2.00. The van der Waals surface area contributed by atoms with E-state index in [1.54, 1.807) is 60.7 Å². The minimum Gasteiger partial charge on any atom is -0.744 e. The van der Waals surface area contributed by atoms with E-state index in [1.165, 1.54) is 109 Å². The zero-order valence-electron chi connectivity index (χ0n) is 47.2. The van der Waals surface area contributed by atoms with Crippen molar-refractivity contribution in [3.63, 3.8) is 0 Å². The Morgan fingerprint density at radius 3 is 0.868 bits per heavy atom. The number of hydrogen-bond donors (Lipinski definition) is 4. The molecule has 0 aromatic heterocycles. The van der Waals surface area contributed by atoms with Crippen molar-refractivity contribution in [2.24, 2.45) is 40.9 Å². The van der Waals surface area contributed by atoms with Crippen LogP contribution in [0.15, 0.2) is 267 Å². The third-order valence-corrected chi connectivity index (χ3v) is 15.7. The van der Waals surface area contributed by atoms with Crippen LogP contribution >= 0.6 is 0 Å². The SMILES string of the molecule is O=C(Nc1ccc2c(O)c(N=Nc3ccc(N=Nc4ccc(S(=O)(=O)[O-])cc4)cc3)c(S(=O)(=O)[O-])cc2c1)c1ccccc1.O=C(Nc1ccc2c(O)c(N=Nc3ccc(N=Nc4ccc(S(=O)(=O)[O-])cc4)cc3)c(S(=O)(=O)[O-])cc2c1)c1ccccc1.[Ba+2].[Na+].[Na+]. The fourth-order valence-electron chi connectivity index (χ4n) is 8.00. The molecule has 444 valence electrons. The minimum absolute atomic E-state index is 0. The van der Waals surface area contributed by atoms with E-state index in [4.69, 9.17) is 0 Å². The molecule has 0 radical (unpaired) electrons. The maximum absolute atomic E-state index is 12.5. The maximum atomic E-state index is 12.5. The molecule has 0 aliphatic carbocycles. The number of amides is 2. The van der Waals surface area contributed by atoms with E-state index in [0.717, 1.165) is 36.4 Å². The van der Waals surface area contributed by atoms with E-state index in [9.17, 15) is 71.7 Å². The first-order valence-electron chi connectivity index (χ1n) is 25.0. The Morgan fingerprint density at radius 1 is 0.341 bits per heavy atom. The van der Waals surface area contributed by atoms with Crippen LogP contribution in [0, 0.1) is 0 Å². The summed E-state index contributed by atoms with van der Waals surface area (Å²) in [5, 5.41) is 59.3. The van der Waals surface area contributed by atoms with Gasteiger partial charge in [0.25, 0.3) is 11.8 Å². The van der Waals surface area contributed by atoms with Crippen molar-refractivity contribution >= 4 is 180 Å². The maximum Gasteiger partial charge on any atom is 2.00 e. The van der Waals surface area contributed by atoms with Crippen molar-refractivity contribution in [1.82, 2.24) is 0 Å². The van der Waals surface area contributed by atoms with Gasteiger partial charge < -0.3 is 39.1 Å². The van der Waals surface area contributed by atoms with Gasteiger partial charge in [0, 0.05) is 33.3 Å². The number of azo groups is 4. The Bertz CT molecular complexity index is 4640. The Morgan fingerprint density at radius 2 is 0.604 bits per heavy atom. The van der Waals surface area contributed by atoms with E-state index in [0.29, 0.717) is 45.3 Å². The first-order chi connectivity index (χ1) is 41.8. The van der Waals surface area contributed by atoms with Crippen LogP contribution in [0.2, 0.25) is 0 Å². The minimum atomic E-state index is -5.11. The number of rotatable bonds is 16. The largest absolute Gasteiger partial charge is 2.00 e. The molecule has 91 heavy (non-hydrogen) atoms. The zero-order chi connectivity index (χ0) is 63.0. The van der Waals surface area contributed by atoms with Crippen LogP contribution in [0.3, 0.4) is 0 Å². The summed E-state index contributed by atoms with van der Waals surface area (Å²) in [7, 11) is -19.4. The number of benzene rings is 10.